The van der Waals surface area contributed by atoms with Crippen LogP contribution >= 0.6 is 11.3 Å². The summed E-state index contributed by atoms with van der Waals surface area (Å²) in [5.41, 5.74) is 1.57. The minimum Gasteiger partial charge on any atom is -0.493 e. The molecule has 0 radical (unpaired) electrons. The van der Waals surface area contributed by atoms with Crippen LogP contribution in [0.25, 0.3) is 10.6 Å². The third-order valence-electron chi connectivity index (χ3n) is 2.78. The third kappa shape index (κ3) is 1.70. The molecule has 0 atom stereocenters. The van der Waals surface area contributed by atoms with Crippen molar-refractivity contribution in [2.24, 2.45) is 0 Å². The smallest absolute Gasteiger partial charge is 0.264 e. The fourth-order valence-corrected chi connectivity index (χ4v) is 2.48. The number of rotatable bonds is 1. The molecule has 2 heterocycles. The van der Waals surface area contributed by atoms with E-state index < -0.39 is 0 Å². The Balaban J connectivity index is 2.07. The van der Waals surface area contributed by atoms with Crippen molar-refractivity contribution < 1.29 is 14.6 Å². The quantitative estimate of drug-likeness (QED) is 0.852. The van der Waals surface area contributed by atoms with E-state index in [1.54, 1.807) is 17.3 Å². The van der Waals surface area contributed by atoms with Gasteiger partial charge in [0.1, 0.15) is 10.8 Å². The maximum atomic E-state index is 11.6. The molecule has 5 nitrogen and oxygen atoms in total. The van der Waals surface area contributed by atoms with Gasteiger partial charge in [0.05, 0.1) is 11.1 Å². The third-order valence-corrected chi connectivity index (χ3v) is 3.66. The number of fused-ring (bicyclic) bond motifs is 1. The van der Waals surface area contributed by atoms with E-state index in [2.05, 4.69) is 4.98 Å². The largest absolute Gasteiger partial charge is 0.493 e. The summed E-state index contributed by atoms with van der Waals surface area (Å²) in [4.78, 5) is 17.1. The molecule has 0 saturated carbocycles. The van der Waals surface area contributed by atoms with Crippen molar-refractivity contribution in [2.75, 3.05) is 18.6 Å². The first-order valence-electron chi connectivity index (χ1n) is 5.33. The Hall–Kier alpha value is -2.08. The van der Waals surface area contributed by atoms with Gasteiger partial charge >= 0.3 is 0 Å². The van der Waals surface area contributed by atoms with E-state index in [0.29, 0.717) is 10.8 Å². The summed E-state index contributed by atoms with van der Waals surface area (Å²) in [6.07, 6.45) is 0. The predicted molar refractivity (Wildman–Crippen MR) is 68.1 cm³/mol. The van der Waals surface area contributed by atoms with Crippen molar-refractivity contribution in [3.63, 3.8) is 0 Å². The van der Waals surface area contributed by atoms with Gasteiger partial charge in [0.25, 0.3) is 5.91 Å². The summed E-state index contributed by atoms with van der Waals surface area (Å²) in [7, 11) is 1.72. The standard InChI is InChI=1S/C12H10N2O3S/c1-14-8-4-7(12-13-10(15)6-18-12)2-3-9(8)17-5-11(14)16/h2-4,6,15H,5H2,1H3. The average Bonchev–Trinajstić information content (AvgIpc) is 2.80. The SMILES string of the molecule is CN1C(=O)COc2ccc(-c3nc(O)cs3)cc21. The van der Waals surface area contributed by atoms with Gasteiger partial charge in [0.15, 0.2) is 6.61 Å². The van der Waals surface area contributed by atoms with Crippen LogP contribution in [0.3, 0.4) is 0 Å². The van der Waals surface area contributed by atoms with E-state index in [9.17, 15) is 9.90 Å². The number of nitrogens with zero attached hydrogens (tertiary/aromatic N) is 2. The van der Waals surface area contributed by atoms with Gasteiger partial charge in [-0.05, 0) is 18.2 Å². The van der Waals surface area contributed by atoms with Crippen LogP contribution in [-0.2, 0) is 4.79 Å². The number of benzene rings is 1. The number of carbonyl (C=O) groups excluding carboxylic acids is 1. The number of ether oxygens (including phenoxy) is 1. The van der Waals surface area contributed by atoms with E-state index in [0.717, 1.165) is 11.3 Å². The first-order valence-corrected chi connectivity index (χ1v) is 6.21. The lowest BCUT2D eigenvalue weighted by molar-refractivity contribution is -0.120. The number of thiazole rings is 1. The lowest BCUT2D eigenvalue weighted by Crippen LogP contribution is -2.35. The van der Waals surface area contributed by atoms with Gasteiger partial charge in [-0.25, -0.2) is 4.98 Å². The van der Waals surface area contributed by atoms with Crippen LogP contribution in [0.2, 0.25) is 0 Å². The molecule has 0 spiro atoms. The number of hydrogen-bond acceptors (Lipinski definition) is 5. The van der Waals surface area contributed by atoms with Gasteiger partial charge in [-0.2, -0.15) is 0 Å². The molecule has 0 saturated heterocycles. The van der Waals surface area contributed by atoms with Crippen molar-refractivity contribution in [2.45, 2.75) is 0 Å². The van der Waals surface area contributed by atoms with Crippen LogP contribution in [0, 0.1) is 0 Å². The molecule has 1 aliphatic heterocycles. The zero-order valence-corrected chi connectivity index (χ0v) is 10.4. The molecule has 92 valence electrons. The molecule has 0 unspecified atom stereocenters. The molecular weight excluding hydrogens is 252 g/mol. The van der Waals surface area contributed by atoms with Crippen LogP contribution in [0.4, 0.5) is 5.69 Å². The molecule has 2 aromatic rings. The number of aromatic nitrogens is 1. The summed E-state index contributed by atoms with van der Waals surface area (Å²) in [5, 5.41) is 11.5. The van der Waals surface area contributed by atoms with E-state index in [-0.39, 0.29) is 18.4 Å². The highest BCUT2D eigenvalue weighted by Crippen LogP contribution is 2.36. The molecule has 1 aliphatic rings. The maximum Gasteiger partial charge on any atom is 0.264 e. The maximum absolute atomic E-state index is 11.6. The molecule has 1 aromatic carbocycles. The highest BCUT2D eigenvalue weighted by molar-refractivity contribution is 7.13. The molecule has 6 heteroatoms. The van der Waals surface area contributed by atoms with E-state index in [1.165, 1.54) is 11.3 Å². The van der Waals surface area contributed by atoms with Crippen molar-refractivity contribution in [3.8, 4) is 22.2 Å². The van der Waals surface area contributed by atoms with Gasteiger partial charge in [-0.3, -0.25) is 4.79 Å². The first kappa shape index (κ1) is 11.0. The Morgan fingerprint density at radius 1 is 1.50 bits per heavy atom. The first-order chi connectivity index (χ1) is 8.65. The van der Waals surface area contributed by atoms with E-state index >= 15 is 0 Å². The van der Waals surface area contributed by atoms with Crippen LogP contribution in [0.5, 0.6) is 11.6 Å². The van der Waals surface area contributed by atoms with Gasteiger partial charge < -0.3 is 14.7 Å². The summed E-state index contributed by atoms with van der Waals surface area (Å²) < 4.78 is 5.34. The zero-order valence-electron chi connectivity index (χ0n) is 9.58. The van der Waals surface area contributed by atoms with Crippen LogP contribution in [-0.4, -0.2) is 29.7 Å². The van der Waals surface area contributed by atoms with Crippen LogP contribution < -0.4 is 9.64 Å². The molecule has 0 aliphatic carbocycles. The van der Waals surface area contributed by atoms with Crippen molar-refractivity contribution in [1.29, 1.82) is 0 Å². The zero-order chi connectivity index (χ0) is 12.7. The molecule has 0 fully saturated rings. The molecule has 18 heavy (non-hydrogen) atoms. The van der Waals surface area contributed by atoms with E-state index in [4.69, 9.17) is 4.74 Å². The van der Waals surface area contributed by atoms with Crippen molar-refractivity contribution in [3.05, 3.63) is 23.6 Å². The Morgan fingerprint density at radius 3 is 3.06 bits per heavy atom. The predicted octanol–water partition coefficient (Wildman–Crippen LogP) is 1.87. The van der Waals surface area contributed by atoms with Gasteiger partial charge in [-0.15, -0.1) is 11.3 Å². The summed E-state index contributed by atoms with van der Waals surface area (Å²) in [6, 6.07) is 5.51. The second kappa shape index (κ2) is 3.99. The number of anilines is 1. The monoisotopic (exact) mass is 262 g/mol. The summed E-state index contributed by atoms with van der Waals surface area (Å²) >= 11 is 1.35. The molecule has 0 bridgehead atoms. The van der Waals surface area contributed by atoms with Crippen LogP contribution in [0.1, 0.15) is 0 Å². The van der Waals surface area contributed by atoms with Crippen molar-refractivity contribution >= 4 is 22.9 Å². The minimum absolute atomic E-state index is 0.00778. The topological polar surface area (TPSA) is 62.7 Å². The minimum atomic E-state index is -0.0818. The fourth-order valence-electron chi connectivity index (χ4n) is 1.80. The van der Waals surface area contributed by atoms with Crippen LogP contribution in [0.15, 0.2) is 23.6 Å². The highest BCUT2D eigenvalue weighted by Gasteiger charge is 2.22. The number of amides is 1. The Kier molecular flexibility index (Phi) is 2.45. The van der Waals surface area contributed by atoms with E-state index in [1.807, 2.05) is 18.2 Å². The lowest BCUT2D eigenvalue weighted by atomic mass is 10.1. The Bertz CT molecular complexity index is 624. The van der Waals surface area contributed by atoms with Crippen molar-refractivity contribution in [1.82, 2.24) is 4.98 Å². The number of aromatic hydroxyl groups is 1. The molecule has 1 N–H and O–H groups in total. The second-order valence-electron chi connectivity index (χ2n) is 3.93. The van der Waals surface area contributed by atoms with Gasteiger partial charge in [0.2, 0.25) is 5.88 Å². The molecule has 3 rings (SSSR count). The summed E-state index contributed by atoms with van der Waals surface area (Å²) in [5.74, 6) is 0.608. The fraction of sp³-hybridized carbons (Fsp3) is 0.167. The van der Waals surface area contributed by atoms with Gasteiger partial charge in [0, 0.05) is 12.6 Å². The highest BCUT2D eigenvalue weighted by atomic mass is 32.1. The number of carbonyl (C=O) groups is 1. The molecule has 1 aromatic heterocycles. The summed E-state index contributed by atoms with van der Waals surface area (Å²) in [6.45, 7) is 0.0703. The average molecular weight is 262 g/mol. The number of likely N-dealkylation sites (N-methyl/N-ethyl adjacent to an activating group) is 1. The van der Waals surface area contributed by atoms with Gasteiger partial charge in [-0.1, -0.05) is 0 Å². The second-order valence-corrected chi connectivity index (χ2v) is 4.79. The Morgan fingerprint density at radius 2 is 2.33 bits per heavy atom. The number of hydrogen-bond donors (Lipinski definition) is 1. The lowest BCUT2D eigenvalue weighted by Gasteiger charge is -2.26. The Labute approximate surface area is 107 Å². The normalized spacial score (nSPS) is 14.3. The molecule has 1 amide bonds. The molecular formula is C12H10N2O3S.